The summed E-state index contributed by atoms with van der Waals surface area (Å²) in [4.78, 5) is -0.00981. The standard InChI is InChI=1S/C9H10FNO2S/c10-7-2-1-3-9(6-7)14(12,13)11-8-4-5-8/h1-3,6,8,11H,4-5H2. The molecule has 0 amide bonds. The first-order valence-electron chi connectivity index (χ1n) is 4.36. The highest BCUT2D eigenvalue weighted by molar-refractivity contribution is 7.89. The lowest BCUT2D eigenvalue weighted by molar-refractivity contribution is 0.577. The van der Waals surface area contributed by atoms with Gasteiger partial charge in [-0.2, -0.15) is 0 Å². The Morgan fingerprint density at radius 2 is 2.07 bits per heavy atom. The average Bonchev–Trinajstić information content (AvgIpc) is 2.87. The Morgan fingerprint density at radius 3 is 2.64 bits per heavy atom. The number of rotatable bonds is 3. The van der Waals surface area contributed by atoms with Crippen molar-refractivity contribution in [1.82, 2.24) is 4.72 Å². The molecule has 3 nitrogen and oxygen atoms in total. The molecule has 1 saturated carbocycles. The highest BCUT2D eigenvalue weighted by Gasteiger charge is 2.27. The van der Waals surface area contributed by atoms with Crippen LogP contribution in [0.5, 0.6) is 0 Å². The topological polar surface area (TPSA) is 46.2 Å². The smallest absolute Gasteiger partial charge is 0.208 e. The van der Waals surface area contributed by atoms with Crippen LogP contribution in [0.3, 0.4) is 0 Å². The molecule has 1 aliphatic carbocycles. The minimum Gasteiger partial charge on any atom is -0.208 e. The molecule has 14 heavy (non-hydrogen) atoms. The summed E-state index contributed by atoms with van der Waals surface area (Å²) >= 11 is 0. The molecule has 5 heteroatoms. The zero-order valence-electron chi connectivity index (χ0n) is 7.40. The molecular formula is C9H10FNO2S. The predicted molar refractivity (Wildman–Crippen MR) is 49.7 cm³/mol. The molecular weight excluding hydrogens is 205 g/mol. The molecule has 1 aromatic carbocycles. The van der Waals surface area contributed by atoms with E-state index < -0.39 is 15.8 Å². The van der Waals surface area contributed by atoms with E-state index in [0.29, 0.717) is 0 Å². The zero-order valence-corrected chi connectivity index (χ0v) is 8.22. The van der Waals surface area contributed by atoms with Crippen molar-refractivity contribution in [1.29, 1.82) is 0 Å². The molecule has 1 aliphatic rings. The van der Waals surface area contributed by atoms with E-state index in [-0.39, 0.29) is 10.9 Å². The van der Waals surface area contributed by atoms with Crippen LogP contribution in [-0.2, 0) is 10.0 Å². The monoisotopic (exact) mass is 215 g/mol. The van der Waals surface area contributed by atoms with Crippen LogP contribution in [0.25, 0.3) is 0 Å². The van der Waals surface area contributed by atoms with Gasteiger partial charge in [-0.1, -0.05) is 6.07 Å². The fourth-order valence-electron chi connectivity index (χ4n) is 1.12. The number of sulfonamides is 1. The van der Waals surface area contributed by atoms with Gasteiger partial charge in [0.05, 0.1) is 4.90 Å². The van der Waals surface area contributed by atoms with E-state index in [1.54, 1.807) is 0 Å². The van der Waals surface area contributed by atoms with Crippen molar-refractivity contribution in [3.8, 4) is 0 Å². The average molecular weight is 215 g/mol. The number of hydrogen-bond acceptors (Lipinski definition) is 2. The zero-order chi connectivity index (χ0) is 10.2. The van der Waals surface area contributed by atoms with Gasteiger partial charge in [0.15, 0.2) is 0 Å². The first-order valence-corrected chi connectivity index (χ1v) is 5.84. The summed E-state index contributed by atoms with van der Waals surface area (Å²) in [6.45, 7) is 0. The maximum Gasteiger partial charge on any atom is 0.240 e. The van der Waals surface area contributed by atoms with Crippen LogP contribution in [0.4, 0.5) is 4.39 Å². The number of halogens is 1. The highest BCUT2D eigenvalue weighted by Crippen LogP contribution is 2.22. The summed E-state index contributed by atoms with van der Waals surface area (Å²) in [5, 5.41) is 0. The molecule has 0 bridgehead atoms. The Kier molecular flexibility index (Phi) is 2.28. The third-order valence-corrected chi connectivity index (χ3v) is 3.52. The van der Waals surface area contributed by atoms with E-state index in [9.17, 15) is 12.8 Å². The molecule has 0 spiro atoms. The van der Waals surface area contributed by atoms with Crippen molar-refractivity contribution >= 4 is 10.0 Å². The van der Waals surface area contributed by atoms with E-state index >= 15 is 0 Å². The van der Waals surface area contributed by atoms with Crippen molar-refractivity contribution in [2.45, 2.75) is 23.8 Å². The molecule has 1 fully saturated rings. The van der Waals surface area contributed by atoms with E-state index in [4.69, 9.17) is 0 Å². The fraction of sp³-hybridized carbons (Fsp3) is 0.333. The SMILES string of the molecule is O=S(=O)(NC1CC1)c1cccc(F)c1. The van der Waals surface area contributed by atoms with E-state index in [0.717, 1.165) is 18.9 Å². The molecule has 1 aromatic rings. The summed E-state index contributed by atoms with van der Waals surface area (Å²) in [6, 6.07) is 5.05. The van der Waals surface area contributed by atoms with E-state index in [1.165, 1.54) is 18.2 Å². The second-order valence-corrected chi connectivity index (χ2v) is 5.07. The Hall–Kier alpha value is -0.940. The lowest BCUT2D eigenvalue weighted by Crippen LogP contribution is -2.25. The fourth-order valence-corrected chi connectivity index (χ4v) is 2.46. The molecule has 2 rings (SSSR count). The second kappa shape index (κ2) is 3.33. The van der Waals surface area contributed by atoms with Gasteiger partial charge in [0.2, 0.25) is 10.0 Å². The van der Waals surface area contributed by atoms with Crippen molar-refractivity contribution in [2.75, 3.05) is 0 Å². The molecule has 76 valence electrons. The van der Waals surface area contributed by atoms with Crippen LogP contribution >= 0.6 is 0 Å². The summed E-state index contributed by atoms with van der Waals surface area (Å²) in [6.07, 6.45) is 1.74. The van der Waals surface area contributed by atoms with Crippen LogP contribution < -0.4 is 4.72 Å². The summed E-state index contributed by atoms with van der Waals surface area (Å²) in [7, 11) is -3.51. The summed E-state index contributed by atoms with van der Waals surface area (Å²) < 4.78 is 38.4. The summed E-state index contributed by atoms with van der Waals surface area (Å²) in [5.74, 6) is -0.538. The molecule has 0 aliphatic heterocycles. The van der Waals surface area contributed by atoms with E-state index in [2.05, 4.69) is 4.72 Å². The van der Waals surface area contributed by atoms with Crippen LogP contribution in [0.2, 0.25) is 0 Å². The van der Waals surface area contributed by atoms with Gasteiger partial charge in [-0.05, 0) is 31.0 Å². The first-order chi connectivity index (χ1) is 6.58. The van der Waals surface area contributed by atoms with E-state index in [1.807, 2.05) is 0 Å². The first kappa shape index (κ1) is 9.61. The molecule has 1 N–H and O–H groups in total. The minimum atomic E-state index is -3.51. The van der Waals surface area contributed by atoms with Crippen LogP contribution in [0.1, 0.15) is 12.8 Å². The highest BCUT2D eigenvalue weighted by atomic mass is 32.2. The largest absolute Gasteiger partial charge is 0.240 e. The van der Waals surface area contributed by atoms with Crippen LogP contribution in [0.15, 0.2) is 29.2 Å². The van der Waals surface area contributed by atoms with Crippen molar-refractivity contribution < 1.29 is 12.8 Å². The molecule has 0 unspecified atom stereocenters. The predicted octanol–water partition coefficient (Wildman–Crippen LogP) is 1.27. The molecule has 0 radical (unpaired) electrons. The Bertz CT molecular complexity index is 440. The number of nitrogens with one attached hydrogen (secondary N) is 1. The lowest BCUT2D eigenvalue weighted by atomic mass is 10.4. The Morgan fingerprint density at radius 1 is 1.36 bits per heavy atom. The maximum absolute atomic E-state index is 12.8. The van der Waals surface area contributed by atoms with Gasteiger partial charge >= 0.3 is 0 Å². The number of benzene rings is 1. The quantitative estimate of drug-likeness (QED) is 0.825. The molecule has 0 saturated heterocycles. The lowest BCUT2D eigenvalue weighted by Gasteiger charge is -2.04. The second-order valence-electron chi connectivity index (χ2n) is 3.35. The van der Waals surface area contributed by atoms with Gasteiger partial charge in [-0.3, -0.25) is 0 Å². The third kappa shape index (κ3) is 2.10. The van der Waals surface area contributed by atoms with Crippen LogP contribution in [-0.4, -0.2) is 14.5 Å². The third-order valence-electron chi connectivity index (χ3n) is 2.01. The van der Waals surface area contributed by atoms with Gasteiger partial charge in [-0.15, -0.1) is 0 Å². The van der Waals surface area contributed by atoms with Gasteiger partial charge in [0.25, 0.3) is 0 Å². The number of hydrogen-bond donors (Lipinski definition) is 1. The molecule has 0 heterocycles. The normalized spacial score (nSPS) is 16.9. The Balaban J connectivity index is 2.28. The van der Waals surface area contributed by atoms with Crippen molar-refractivity contribution in [3.05, 3.63) is 30.1 Å². The minimum absolute atomic E-state index is 0.00981. The van der Waals surface area contributed by atoms with Crippen molar-refractivity contribution in [3.63, 3.8) is 0 Å². The van der Waals surface area contributed by atoms with Gasteiger partial charge in [0.1, 0.15) is 5.82 Å². The van der Waals surface area contributed by atoms with Gasteiger partial charge in [-0.25, -0.2) is 17.5 Å². The van der Waals surface area contributed by atoms with Gasteiger partial charge in [0, 0.05) is 6.04 Å². The van der Waals surface area contributed by atoms with Crippen LogP contribution in [0, 0.1) is 5.82 Å². The molecule has 0 aromatic heterocycles. The maximum atomic E-state index is 12.8. The summed E-state index contributed by atoms with van der Waals surface area (Å²) in [5.41, 5.74) is 0. The Labute approximate surface area is 82.0 Å². The molecule has 0 atom stereocenters. The van der Waals surface area contributed by atoms with Gasteiger partial charge < -0.3 is 0 Å². The van der Waals surface area contributed by atoms with Crippen molar-refractivity contribution in [2.24, 2.45) is 0 Å².